The Balaban J connectivity index is 1.07. The molecule has 0 saturated carbocycles. The summed E-state index contributed by atoms with van der Waals surface area (Å²) < 4.78 is 4.13. The number of thioether (sulfide) groups is 1. The van der Waals surface area contributed by atoms with Crippen LogP contribution in [0, 0.1) is 0 Å². The molecule has 0 atom stereocenters. The number of unbranched alkanes of at least 4 members (excludes halogenated alkanes) is 2. The van der Waals surface area contributed by atoms with E-state index in [0.29, 0.717) is 0 Å². The highest BCUT2D eigenvalue weighted by molar-refractivity contribution is 7.99. The molecule has 0 aliphatic rings. The third-order valence-electron chi connectivity index (χ3n) is 5.43. The second-order valence-corrected chi connectivity index (χ2v) is 9.03. The first-order chi connectivity index (χ1) is 15.4. The van der Waals surface area contributed by atoms with Crippen LogP contribution in [0.3, 0.4) is 0 Å². The van der Waals surface area contributed by atoms with Gasteiger partial charge in [-0.3, -0.25) is 0 Å². The quantitative estimate of drug-likeness (QED) is 0.253. The number of aromatic nitrogens is 4. The molecule has 4 nitrogen and oxygen atoms in total. The summed E-state index contributed by atoms with van der Waals surface area (Å²) in [5.41, 5.74) is 5.21. The lowest BCUT2D eigenvalue weighted by Crippen LogP contribution is -1.94. The van der Waals surface area contributed by atoms with Crippen molar-refractivity contribution in [3.63, 3.8) is 0 Å². The third kappa shape index (κ3) is 6.59. The van der Waals surface area contributed by atoms with E-state index < -0.39 is 0 Å². The zero-order valence-corrected chi connectivity index (χ0v) is 18.8. The van der Waals surface area contributed by atoms with Crippen molar-refractivity contribution in [3.8, 4) is 11.4 Å². The standard InChI is InChI=1S/C26H30N4S/c1(7-23-9-5-11-25(19-23)29-15-13-27-21-29)3-17-31-18-4-2-8-24-10-6-12-26(20-24)30-16-14-28-22-30/h5-6,9-16,19-22H,1-4,7-8,17-18H2. The van der Waals surface area contributed by atoms with Crippen molar-refractivity contribution in [1.29, 1.82) is 0 Å². The van der Waals surface area contributed by atoms with E-state index in [2.05, 4.69) is 79.4 Å². The van der Waals surface area contributed by atoms with E-state index in [-0.39, 0.29) is 0 Å². The minimum absolute atomic E-state index is 1.15. The molecule has 0 unspecified atom stereocenters. The zero-order valence-electron chi connectivity index (χ0n) is 17.9. The molecule has 0 amide bonds. The molecule has 2 aromatic heterocycles. The van der Waals surface area contributed by atoms with Crippen LogP contribution < -0.4 is 0 Å². The number of aryl methyl sites for hydroxylation is 2. The number of imidazole rings is 2. The second kappa shape index (κ2) is 11.6. The summed E-state index contributed by atoms with van der Waals surface area (Å²) in [5, 5.41) is 0. The van der Waals surface area contributed by atoms with Gasteiger partial charge in [0.15, 0.2) is 0 Å². The van der Waals surface area contributed by atoms with E-state index in [0.717, 1.165) is 12.8 Å². The number of benzene rings is 2. The lowest BCUT2D eigenvalue weighted by atomic mass is 10.1. The van der Waals surface area contributed by atoms with Gasteiger partial charge in [-0.15, -0.1) is 0 Å². The van der Waals surface area contributed by atoms with Crippen LogP contribution in [0.15, 0.2) is 86.0 Å². The number of hydrogen-bond acceptors (Lipinski definition) is 3. The first-order valence-corrected chi connectivity index (χ1v) is 12.3. The molecule has 2 aromatic carbocycles. The highest BCUT2D eigenvalue weighted by Crippen LogP contribution is 2.16. The topological polar surface area (TPSA) is 35.6 Å². The summed E-state index contributed by atoms with van der Waals surface area (Å²) in [6, 6.07) is 17.6. The average Bonchev–Trinajstić information content (AvgIpc) is 3.53. The molecule has 4 rings (SSSR count). The largest absolute Gasteiger partial charge is 0.306 e. The van der Waals surface area contributed by atoms with Crippen molar-refractivity contribution in [2.45, 2.75) is 38.5 Å². The minimum atomic E-state index is 1.15. The highest BCUT2D eigenvalue weighted by atomic mass is 32.2. The van der Waals surface area contributed by atoms with Gasteiger partial charge in [-0.1, -0.05) is 24.3 Å². The Labute approximate surface area is 189 Å². The fourth-order valence-corrected chi connectivity index (χ4v) is 4.76. The van der Waals surface area contributed by atoms with Gasteiger partial charge in [-0.2, -0.15) is 11.8 Å². The van der Waals surface area contributed by atoms with Crippen molar-refractivity contribution >= 4 is 11.8 Å². The molecule has 0 bridgehead atoms. The van der Waals surface area contributed by atoms with Crippen molar-refractivity contribution < 1.29 is 0 Å². The van der Waals surface area contributed by atoms with Gasteiger partial charge in [-0.25, -0.2) is 9.97 Å². The molecular weight excluding hydrogens is 400 g/mol. The van der Waals surface area contributed by atoms with Gasteiger partial charge in [0.25, 0.3) is 0 Å². The maximum atomic E-state index is 4.13. The van der Waals surface area contributed by atoms with Crippen molar-refractivity contribution in [2.75, 3.05) is 11.5 Å². The van der Waals surface area contributed by atoms with Crippen LogP contribution in [0.25, 0.3) is 11.4 Å². The van der Waals surface area contributed by atoms with Crippen molar-refractivity contribution in [2.24, 2.45) is 0 Å². The SMILES string of the molecule is c1cc(CCCCSCCCCc2cccc(-n3ccnc3)c2)cc(-n2ccnc2)c1. The molecule has 0 radical (unpaired) electrons. The van der Waals surface area contributed by atoms with E-state index in [1.807, 2.05) is 37.4 Å². The Morgan fingerprint density at radius 1 is 0.645 bits per heavy atom. The van der Waals surface area contributed by atoms with Crippen molar-refractivity contribution in [1.82, 2.24) is 19.1 Å². The molecule has 5 heteroatoms. The van der Waals surface area contributed by atoms with E-state index in [1.54, 1.807) is 0 Å². The number of rotatable bonds is 12. The summed E-state index contributed by atoms with van der Waals surface area (Å²) in [6.45, 7) is 0. The van der Waals surface area contributed by atoms with Crippen LogP contribution in [0.1, 0.15) is 36.8 Å². The maximum Gasteiger partial charge on any atom is 0.0991 e. The van der Waals surface area contributed by atoms with Gasteiger partial charge in [0.05, 0.1) is 12.7 Å². The summed E-state index contributed by atoms with van der Waals surface area (Å²) >= 11 is 2.10. The second-order valence-electron chi connectivity index (χ2n) is 7.81. The molecule has 0 N–H and O–H groups in total. The van der Waals surface area contributed by atoms with E-state index in [1.165, 1.54) is 59.7 Å². The number of hydrogen-bond donors (Lipinski definition) is 0. The Kier molecular flexibility index (Phi) is 8.00. The predicted octanol–water partition coefficient (Wildman–Crippen LogP) is 6.14. The van der Waals surface area contributed by atoms with E-state index in [9.17, 15) is 0 Å². The normalized spacial score (nSPS) is 11.1. The first kappa shape index (κ1) is 21.4. The Bertz CT molecular complexity index is 942. The van der Waals surface area contributed by atoms with Gasteiger partial charge in [0.2, 0.25) is 0 Å². The Morgan fingerprint density at radius 2 is 1.16 bits per heavy atom. The molecule has 0 spiro atoms. The molecule has 31 heavy (non-hydrogen) atoms. The van der Waals surface area contributed by atoms with Crippen molar-refractivity contribution in [3.05, 3.63) is 97.1 Å². The molecule has 0 saturated heterocycles. The van der Waals surface area contributed by atoms with Gasteiger partial charge in [0, 0.05) is 36.2 Å². The molecule has 160 valence electrons. The molecule has 0 aliphatic carbocycles. The summed E-state index contributed by atoms with van der Waals surface area (Å²) in [5.74, 6) is 2.52. The zero-order chi connectivity index (χ0) is 21.1. The monoisotopic (exact) mass is 430 g/mol. The maximum absolute atomic E-state index is 4.13. The average molecular weight is 431 g/mol. The van der Waals surface area contributed by atoms with Gasteiger partial charge < -0.3 is 9.13 Å². The van der Waals surface area contributed by atoms with Crippen LogP contribution in [-0.2, 0) is 12.8 Å². The van der Waals surface area contributed by atoms with Gasteiger partial charge in [-0.05, 0) is 85.4 Å². The third-order valence-corrected chi connectivity index (χ3v) is 6.59. The molecular formula is C26H30N4S. The van der Waals surface area contributed by atoms with Crippen LogP contribution in [-0.4, -0.2) is 30.6 Å². The molecule has 2 heterocycles. The van der Waals surface area contributed by atoms with Crippen LogP contribution in [0.5, 0.6) is 0 Å². The summed E-state index contributed by atoms with van der Waals surface area (Å²) in [7, 11) is 0. The lowest BCUT2D eigenvalue weighted by Gasteiger charge is -2.07. The smallest absolute Gasteiger partial charge is 0.0991 e. The molecule has 0 aliphatic heterocycles. The Hall–Kier alpha value is -2.79. The first-order valence-electron chi connectivity index (χ1n) is 11.1. The summed E-state index contributed by atoms with van der Waals surface area (Å²) in [6.07, 6.45) is 18.7. The molecule has 0 fully saturated rings. The van der Waals surface area contributed by atoms with Crippen LogP contribution >= 0.6 is 11.8 Å². The van der Waals surface area contributed by atoms with E-state index >= 15 is 0 Å². The fraction of sp³-hybridized carbons (Fsp3) is 0.308. The Morgan fingerprint density at radius 3 is 1.61 bits per heavy atom. The highest BCUT2D eigenvalue weighted by Gasteiger charge is 2.01. The van der Waals surface area contributed by atoms with Crippen LogP contribution in [0.2, 0.25) is 0 Å². The van der Waals surface area contributed by atoms with Crippen LogP contribution in [0.4, 0.5) is 0 Å². The minimum Gasteiger partial charge on any atom is -0.306 e. The lowest BCUT2D eigenvalue weighted by molar-refractivity contribution is 0.790. The van der Waals surface area contributed by atoms with Gasteiger partial charge in [0.1, 0.15) is 0 Å². The van der Waals surface area contributed by atoms with E-state index in [4.69, 9.17) is 0 Å². The summed E-state index contributed by atoms with van der Waals surface area (Å²) in [4.78, 5) is 8.27. The van der Waals surface area contributed by atoms with Gasteiger partial charge >= 0.3 is 0 Å². The number of nitrogens with zero attached hydrogens (tertiary/aromatic N) is 4. The predicted molar refractivity (Wildman–Crippen MR) is 130 cm³/mol. The fourth-order valence-electron chi connectivity index (χ4n) is 3.74. The molecule has 4 aromatic rings.